The fourth-order valence-electron chi connectivity index (χ4n) is 4.89. The van der Waals surface area contributed by atoms with Crippen LogP contribution in [-0.4, -0.2) is 31.7 Å². The van der Waals surface area contributed by atoms with Crippen LogP contribution in [0.2, 0.25) is 0 Å². The minimum Gasteiger partial charge on any atom is -0.462 e. The second-order valence-electron chi connectivity index (χ2n) is 11.9. The molecule has 0 aromatic rings. The molecule has 0 saturated heterocycles. The first-order valence-electron chi connectivity index (χ1n) is 18.1. The van der Waals surface area contributed by atoms with Gasteiger partial charge in [0.1, 0.15) is 13.2 Å². The third-order valence-electron chi connectivity index (χ3n) is 7.64. The molecule has 0 atom stereocenters. The molecule has 0 bridgehead atoms. The van der Waals surface area contributed by atoms with Crippen LogP contribution in [0.4, 0.5) is 0 Å². The first kappa shape index (κ1) is 42.0. The molecular weight excluding hydrogens is 510 g/mol. The van der Waals surface area contributed by atoms with Gasteiger partial charge in [-0.2, -0.15) is 0 Å². The van der Waals surface area contributed by atoms with Crippen molar-refractivity contribution < 1.29 is 19.1 Å². The first-order chi connectivity index (χ1) is 20.1. The number of hydrogen-bond donors (Lipinski definition) is 1. The zero-order valence-electron chi connectivity index (χ0n) is 28.1. The molecule has 0 aliphatic rings. The van der Waals surface area contributed by atoms with Gasteiger partial charge < -0.3 is 15.2 Å². The van der Waals surface area contributed by atoms with Crippen molar-refractivity contribution in [2.24, 2.45) is 5.73 Å². The molecule has 0 heterocycles. The highest BCUT2D eigenvalue weighted by atomic mass is 16.6. The fraction of sp³-hybridized carbons (Fsp3) is 0.944. The highest BCUT2D eigenvalue weighted by Gasteiger charge is 2.05. The van der Waals surface area contributed by atoms with Gasteiger partial charge in [-0.15, -0.1) is 0 Å². The summed E-state index contributed by atoms with van der Waals surface area (Å²) in [6, 6.07) is 0. The molecule has 0 aromatic carbocycles. The summed E-state index contributed by atoms with van der Waals surface area (Å²) in [5.74, 6) is -0.346. The van der Waals surface area contributed by atoms with Crippen LogP contribution in [0.25, 0.3) is 0 Å². The second-order valence-corrected chi connectivity index (χ2v) is 11.9. The number of rotatable bonds is 31. The minimum atomic E-state index is -0.173. The highest BCUT2D eigenvalue weighted by Crippen LogP contribution is 2.12. The summed E-state index contributed by atoms with van der Waals surface area (Å²) >= 11 is 0. The number of esters is 2. The van der Waals surface area contributed by atoms with Gasteiger partial charge in [0.05, 0.1) is 0 Å². The van der Waals surface area contributed by atoms with Crippen LogP contribution in [0.3, 0.4) is 0 Å². The van der Waals surface area contributed by atoms with E-state index >= 15 is 0 Å². The normalized spacial score (nSPS) is 10.7. The molecule has 0 radical (unpaired) electrons. The van der Waals surface area contributed by atoms with E-state index in [-0.39, 0.29) is 25.2 Å². The highest BCUT2D eigenvalue weighted by molar-refractivity contribution is 5.70. The Bertz CT molecular complexity index is 468. The van der Waals surface area contributed by atoms with Gasteiger partial charge in [-0.3, -0.25) is 9.59 Å². The molecule has 5 nitrogen and oxygen atoms in total. The molecule has 0 amide bonds. The Kier molecular flexibility index (Phi) is 39.9. The number of carbonyl (C=O) groups excluding carboxylic acids is 2. The Morgan fingerprint density at radius 3 is 0.902 bits per heavy atom. The Labute approximate surface area is 256 Å². The number of hydrogen-bond acceptors (Lipinski definition) is 5. The van der Waals surface area contributed by atoms with Gasteiger partial charge in [0.25, 0.3) is 0 Å². The molecule has 0 aliphatic heterocycles. The van der Waals surface area contributed by atoms with Gasteiger partial charge >= 0.3 is 11.9 Å². The molecule has 0 aliphatic carbocycles. The van der Waals surface area contributed by atoms with E-state index in [1.165, 1.54) is 141 Å². The Balaban J connectivity index is 0. The molecule has 0 fully saturated rings. The summed E-state index contributed by atoms with van der Waals surface area (Å²) in [7, 11) is 0. The lowest BCUT2D eigenvalue weighted by Crippen LogP contribution is -2.13. The van der Waals surface area contributed by atoms with Crippen molar-refractivity contribution in [3.63, 3.8) is 0 Å². The second kappa shape index (κ2) is 38.9. The smallest absolute Gasteiger partial charge is 0.305 e. The Hall–Kier alpha value is -1.10. The maximum atomic E-state index is 11.7. The largest absolute Gasteiger partial charge is 0.462 e. The molecule has 0 aromatic heterocycles. The number of ether oxygens (including phenoxy) is 2. The molecule has 41 heavy (non-hydrogen) atoms. The van der Waals surface area contributed by atoms with Crippen LogP contribution < -0.4 is 5.73 Å². The van der Waals surface area contributed by atoms with Crippen molar-refractivity contribution >= 4 is 11.9 Å². The molecule has 0 saturated carbocycles. The third kappa shape index (κ3) is 41.1. The van der Waals surface area contributed by atoms with Crippen molar-refractivity contribution in [1.29, 1.82) is 0 Å². The summed E-state index contributed by atoms with van der Waals surface area (Å²) in [6.07, 6.45) is 34.2. The number of nitrogens with two attached hydrogens (primary N) is 1. The van der Waals surface area contributed by atoms with E-state index in [9.17, 15) is 9.59 Å². The van der Waals surface area contributed by atoms with Crippen molar-refractivity contribution in [3.8, 4) is 0 Å². The van der Waals surface area contributed by atoms with E-state index in [1.807, 2.05) is 0 Å². The molecule has 246 valence electrons. The van der Waals surface area contributed by atoms with Crippen LogP contribution in [0, 0.1) is 0 Å². The fourth-order valence-corrected chi connectivity index (χ4v) is 4.89. The number of unbranched alkanes of at least 4 members (excludes halogenated alkanes) is 23. The molecule has 0 spiro atoms. The summed E-state index contributed by atoms with van der Waals surface area (Å²) in [4.78, 5) is 23.4. The quantitative estimate of drug-likeness (QED) is 0.0648. The molecule has 5 heteroatoms. The van der Waals surface area contributed by atoms with Crippen LogP contribution in [0.15, 0.2) is 0 Å². The van der Waals surface area contributed by atoms with Crippen LogP contribution >= 0.6 is 0 Å². The van der Waals surface area contributed by atoms with E-state index in [0.717, 1.165) is 32.2 Å². The van der Waals surface area contributed by atoms with Crippen LogP contribution in [-0.2, 0) is 19.1 Å². The van der Waals surface area contributed by atoms with Crippen molar-refractivity contribution in [2.45, 2.75) is 201 Å². The van der Waals surface area contributed by atoms with Crippen molar-refractivity contribution in [2.75, 3.05) is 19.8 Å². The van der Waals surface area contributed by atoms with Crippen molar-refractivity contribution in [1.82, 2.24) is 0 Å². The number of carbonyl (C=O) groups is 2. The van der Waals surface area contributed by atoms with Gasteiger partial charge in [0.15, 0.2) is 0 Å². The van der Waals surface area contributed by atoms with Gasteiger partial charge in [-0.25, -0.2) is 0 Å². The van der Waals surface area contributed by atoms with Crippen LogP contribution in [0.1, 0.15) is 201 Å². The maximum absolute atomic E-state index is 11.7. The van der Waals surface area contributed by atoms with Crippen LogP contribution in [0.5, 0.6) is 0 Å². The Morgan fingerprint density at radius 1 is 0.390 bits per heavy atom. The van der Waals surface area contributed by atoms with E-state index in [0.29, 0.717) is 12.8 Å². The monoisotopic (exact) mass is 584 g/mol. The van der Waals surface area contributed by atoms with Gasteiger partial charge in [-0.05, 0) is 25.8 Å². The maximum Gasteiger partial charge on any atom is 0.305 e. The third-order valence-corrected chi connectivity index (χ3v) is 7.64. The van der Waals surface area contributed by atoms with E-state index in [1.54, 1.807) is 0 Å². The summed E-state index contributed by atoms with van der Waals surface area (Å²) < 4.78 is 10.3. The first-order valence-corrected chi connectivity index (χ1v) is 18.1. The summed E-state index contributed by atoms with van der Waals surface area (Å²) in [5.41, 5.74) is 5.39. The molecular formula is C36H73NO4. The average molecular weight is 584 g/mol. The molecule has 0 rings (SSSR count). The van der Waals surface area contributed by atoms with Crippen molar-refractivity contribution in [3.05, 3.63) is 0 Å². The lowest BCUT2D eigenvalue weighted by molar-refractivity contribution is -0.152. The van der Waals surface area contributed by atoms with E-state index in [4.69, 9.17) is 15.2 Å². The van der Waals surface area contributed by atoms with Gasteiger partial charge in [0.2, 0.25) is 0 Å². The van der Waals surface area contributed by atoms with E-state index < -0.39 is 0 Å². The summed E-state index contributed by atoms with van der Waals surface area (Å²) in [5, 5.41) is 0. The molecule has 0 unspecified atom stereocenters. The SMILES string of the molecule is CCCCCCCCCCCC(=O)OCCOC(=O)CCCCCCCCCCC.CCCCCCCCCCN. The summed E-state index contributed by atoms with van der Waals surface area (Å²) in [6.45, 7) is 7.96. The predicted molar refractivity (Wildman–Crippen MR) is 177 cm³/mol. The lowest BCUT2D eigenvalue weighted by atomic mass is 10.1. The minimum absolute atomic E-state index is 0.173. The lowest BCUT2D eigenvalue weighted by Gasteiger charge is -2.07. The standard InChI is InChI=1S/C26H50O4.C10H23N/c1-3-5-7-9-11-13-15-17-19-21-25(27)29-23-24-30-26(28)22-20-18-16-14-12-10-8-6-4-2;1-2-3-4-5-6-7-8-9-10-11/h3-24H2,1-2H3;2-11H2,1H3. The predicted octanol–water partition coefficient (Wildman–Crippen LogP) is 11.0. The van der Waals surface area contributed by atoms with Gasteiger partial charge in [-0.1, -0.05) is 168 Å². The topological polar surface area (TPSA) is 78.6 Å². The zero-order valence-corrected chi connectivity index (χ0v) is 28.1. The molecule has 2 N–H and O–H groups in total. The average Bonchev–Trinajstić information content (AvgIpc) is 2.97. The Morgan fingerprint density at radius 2 is 0.634 bits per heavy atom. The zero-order chi connectivity index (χ0) is 30.5. The van der Waals surface area contributed by atoms with Gasteiger partial charge in [0, 0.05) is 12.8 Å². The van der Waals surface area contributed by atoms with E-state index in [2.05, 4.69) is 20.8 Å².